The molecule has 1 aromatic carbocycles. The highest BCUT2D eigenvalue weighted by molar-refractivity contribution is 7.91. The first-order valence-electron chi connectivity index (χ1n) is 6.74. The molecule has 0 N–H and O–H groups in total. The average Bonchev–Trinajstić information content (AvgIpc) is 2.80. The molecule has 2 amide bonds. The number of anilines is 1. The van der Waals surface area contributed by atoms with E-state index < -0.39 is 9.84 Å². The van der Waals surface area contributed by atoms with Crippen LogP contribution in [0.15, 0.2) is 30.3 Å². The summed E-state index contributed by atoms with van der Waals surface area (Å²) in [4.78, 5) is 15.7. The van der Waals surface area contributed by atoms with E-state index in [1.54, 1.807) is 16.8 Å². The zero-order valence-electron chi connectivity index (χ0n) is 11.8. The molecule has 1 aromatic rings. The maximum atomic E-state index is 12.5. The van der Waals surface area contributed by atoms with Gasteiger partial charge in [-0.25, -0.2) is 13.2 Å². The predicted molar refractivity (Wildman–Crippen MR) is 79.7 cm³/mol. The molecular weight excluding hydrogens is 276 g/mol. The van der Waals surface area contributed by atoms with Crippen molar-refractivity contribution in [1.82, 2.24) is 4.90 Å². The third kappa shape index (κ3) is 3.12. The largest absolute Gasteiger partial charge is 0.324 e. The number of carbonyl (C=O) groups excluding carboxylic acids is 1. The van der Waals surface area contributed by atoms with Crippen molar-refractivity contribution in [2.75, 3.05) is 30.0 Å². The first-order valence-corrected chi connectivity index (χ1v) is 8.56. The summed E-state index contributed by atoms with van der Waals surface area (Å²) >= 11 is 0. The molecule has 1 aliphatic heterocycles. The normalized spacial score (nSPS) is 20.6. The highest BCUT2D eigenvalue weighted by Gasteiger charge is 2.34. The van der Waals surface area contributed by atoms with Crippen LogP contribution < -0.4 is 4.90 Å². The highest BCUT2D eigenvalue weighted by Crippen LogP contribution is 2.20. The number of hydrogen-bond donors (Lipinski definition) is 0. The van der Waals surface area contributed by atoms with Gasteiger partial charge in [-0.2, -0.15) is 0 Å². The molecule has 1 heterocycles. The Hall–Kier alpha value is -1.56. The average molecular weight is 296 g/mol. The summed E-state index contributed by atoms with van der Waals surface area (Å²) in [5.74, 6) is 0.244. The van der Waals surface area contributed by atoms with Crippen LogP contribution in [0.2, 0.25) is 0 Å². The van der Waals surface area contributed by atoms with E-state index in [-0.39, 0.29) is 23.6 Å². The molecule has 1 saturated heterocycles. The van der Waals surface area contributed by atoms with E-state index in [0.717, 1.165) is 5.69 Å². The predicted octanol–water partition coefficient (Wildman–Crippen LogP) is 1.75. The van der Waals surface area contributed by atoms with Crippen LogP contribution in [-0.4, -0.2) is 50.5 Å². The summed E-state index contributed by atoms with van der Waals surface area (Å²) in [7, 11) is -1.30. The lowest BCUT2D eigenvalue weighted by Gasteiger charge is -2.30. The fraction of sp³-hybridized carbons (Fsp3) is 0.500. The second kappa shape index (κ2) is 5.83. The molecule has 110 valence electrons. The van der Waals surface area contributed by atoms with Gasteiger partial charge in [-0.05, 0) is 25.5 Å². The van der Waals surface area contributed by atoms with E-state index in [1.807, 2.05) is 37.3 Å². The SMILES string of the molecule is CCN(C(=O)N(C)C1CCS(=O)(=O)C1)c1ccccc1. The number of carbonyl (C=O) groups is 1. The summed E-state index contributed by atoms with van der Waals surface area (Å²) < 4.78 is 23.1. The van der Waals surface area contributed by atoms with Crippen molar-refractivity contribution in [2.45, 2.75) is 19.4 Å². The second-order valence-corrected chi connectivity index (χ2v) is 7.26. The van der Waals surface area contributed by atoms with Crippen LogP contribution in [0.25, 0.3) is 0 Å². The lowest BCUT2D eigenvalue weighted by atomic mass is 10.2. The number of nitrogens with zero attached hydrogens (tertiary/aromatic N) is 2. The minimum Gasteiger partial charge on any atom is -0.323 e. The Labute approximate surface area is 120 Å². The molecule has 0 aliphatic carbocycles. The molecule has 1 atom stereocenters. The van der Waals surface area contributed by atoms with Crippen molar-refractivity contribution in [1.29, 1.82) is 0 Å². The third-order valence-corrected chi connectivity index (χ3v) is 5.42. The number of para-hydroxylation sites is 1. The highest BCUT2D eigenvalue weighted by atomic mass is 32.2. The zero-order chi connectivity index (χ0) is 14.8. The maximum absolute atomic E-state index is 12.5. The van der Waals surface area contributed by atoms with Crippen LogP contribution in [0.1, 0.15) is 13.3 Å². The Kier molecular flexibility index (Phi) is 4.32. The first-order chi connectivity index (χ1) is 9.44. The van der Waals surface area contributed by atoms with Crippen LogP contribution in [0.3, 0.4) is 0 Å². The molecule has 20 heavy (non-hydrogen) atoms. The Balaban J connectivity index is 2.13. The smallest absolute Gasteiger partial charge is 0.323 e. The first kappa shape index (κ1) is 14.8. The van der Waals surface area contributed by atoms with Gasteiger partial charge in [-0.1, -0.05) is 18.2 Å². The van der Waals surface area contributed by atoms with Gasteiger partial charge < -0.3 is 4.90 Å². The number of rotatable bonds is 3. The van der Waals surface area contributed by atoms with Crippen molar-refractivity contribution < 1.29 is 13.2 Å². The fourth-order valence-electron chi connectivity index (χ4n) is 2.46. The van der Waals surface area contributed by atoms with Crippen LogP contribution in [-0.2, 0) is 9.84 Å². The van der Waals surface area contributed by atoms with Gasteiger partial charge in [0.05, 0.1) is 11.5 Å². The molecule has 1 aliphatic rings. The quantitative estimate of drug-likeness (QED) is 0.854. The second-order valence-electron chi connectivity index (χ2n) is 5.03. The monoisotopic (exact) mass is 296 g/mol. The van der Waals surface area contributed by atoms with E-state index in [4.69, 9.17) is 0 Å². The van der Waals surface area contributed by atoms with Crippen LogP contribution in [0.4, 0.5) is 10.5 Å². The lowest BCUT2D eigenvalue weighted by molar-refractivity contribution is 0.202. The van der Waals surface area contributed by atoms with Gasteiger partial charge in [0, 0.05) is 25.3 Å². The van der Waals surface area contributed by atoms with Crippen molar-refractivity contribution in [3.63, 3.8) is 0 Å². The molecule has 0 spiro atoms. The Morgan fingerprint density at radius 2 is 1.95 bits per heavy atom. The molecule has 1 fully saturated rings. The van der Waals surface area contributed by atoms with Gasteiger partial charge in [0.25, 0.3) is 0 Å². The number of benzene rings is 1. The van der Waals surface area contributed by atoms with Crippen molar-refractivity contribution in [3.8, 4) is 0 Å². The fourth-order valence-corrected chi connectivity index (χ4v) is 4.24. The molecule has 0 radical (unpaired) electrons. The van der Waals surface area contributed by atoms with E-state index in [0.29, 0.717) is 13.0 Å². The summed E-state index contributed by atoms with van der Waals surface area (Å²) in [5.41, 5.74) is 0.827. The summed E-state index contributed by atoms with van der Waals surface area (Å²) in [5, 5.41) is 0. The summed E-state index contributed by atoms with van der Waals surface area (Å²) in [6.07, 6.45) is 0.525. The van der Waals surface area contributed by atoms with Crippen molar-refractivity contribution in [2.24, 2.45) is 0 Å². The van der Waals surface area contributed by atoms with E-state index in [9.17, 15) is 13.2 Å². The van der Waals surface area contributed by atoms with Gasteiger partial charge in [-0.3, -0.25) is 4.90 Å². The minimum atomic E-state index is -2.98. The minimum absolute atomic E-state index is 0.0710. The van der Waals surface area contributed by atoms with Gasteiger partial charge in [0.15, 0.2) is 9.84 Å². The van der Waals surface area contributed by atoms with Gasteiger partial charge in [0.2, 0.25) is 0 Å². The zero-order valence-corrected chi connectivity index (χ0v) is 12.6. The Morgan fingerprint density at radius 1 is 1.30 bits per heavy atom. The molecule has 6 heteroatoms. The van der Waals surface area contributed by atoms with Gasteiger partial charge in [-0.15, -0.1) is 0 Å². The number of sulfone groups is 1. The summed E-state index contributed by atoms with van der Waals surface area (Å²) in [6.45, 7) is 2.46. The van der Waals surface area contributed by atoms with Crippen LogP contribution >= 0.6 is 0 Å². The Morgan fingerprint density at radius 3 is 2.45 bits per heavy atom. The summed E-state index contributed by atoms with van der Waals surface area (Å²) in [6, 6.07) is 9.04. The number of urea groups is 1. The molecule has 0 aromatic heterocycles. The maximum Gasteiger partial charge on any atom is 0.324 e. The van der Waals surface area contributed by atoms with Gasteiger partial charge >= 0.3 is 6.03 Å². The Bertz CT molecular complexity index is 571. The number of hydrogen-bond acceptors (Lipinski definition) is 3. The van der Waals surface area contributed by atoms with Gasteiger partial charge in [0.1, 0.15) is 0 Å². The number of amides is 2. The molecular formula is C14H20N2O3S. The molecule has 1 unspecified atom stereocenters. The van der Waals surface area contributed by atoms with E-state index >= 15 is 0 Å². The molecule has 5 nitrogen and oxygen atoms in total. The van der Waals surface area contributed by atoms with Crippen LogP contribution in [0.5, 0.6) is 0 Å². The molecule has 0 saturated carbocycles. The van der Waals surface area contributed by atoms with Crippen molar-refractivity contribution in [3.05, 3.63) is 30.3 Å². The topological polar surface area (TPSA) is 57.7 Å². The lowest BCUT2D eigenvalue weighted by Crippen LogP contribution is -2.46. The van der Waals surface area contributed by atoms with E-state index in [2.05, 4.69) is 0 Å². The molecule has 2 rings (SSSR count). The van der Waals surface area contributed by atoms with Crippen molar-refractivity contribution >= 4 is 21.6 Å². The van der Waals surface area contributed by atoms with E-state index in [1.165, 1.54) is 0 Å². The molecule has 0 bridgehead atoms. The third-order valence-electron chi connectivity index (χ3n) is 3.67. The van der Waals surface area contributed by atoms with Crippen LogP contribution in [0, 0.1) is 0 Å². The standard InChI is InChI=1S/C14H20N2O3S/c1-3-16(12-7-5-4-6-8-12)14(17)15(2)13-9-10-20(18,19)11-13/h4-8,13H,3,9-11H2,1-2H3.